The van der Waals surface area contributed by atoms with Gasteiger partial charge in [0.2, 0.25) is 17.7 Å². The Labute approximate surface area is 141 Å². The monoisotopic (exact) mass is 330 g/mol. The van der Waals surface area contributed by atoms with Crippen molar-refractivity contribution in [2.24, 2.45) is 0 Å². The molecule has 24 heavy (non-hydrogen) atoms. The van der Waals surface area contributed by atoms with Crippen molar-refractivity contribution in [3.63, 3.8) is 0 Å². The molecule has 1 aromatic carbocycles. The van der Waals surface area contributed by atoms with Gasteiger partial charge in [0.25, 0.3) is 0 Å². The summed E-state index contributed by atoms with van der Waals surface area (Å²) in [5, 5.41) is 8.14. The molecule has 0 bridgehead atoms. The number of amides is 1. The Bertz CT molecular complexity index is 677. The summed E-state index contributed by atoms with van der Waals surface area (Å²) in [5.74, 6) is 1.90. The zero-order valence-electron chi connectivity index (χ0n) is 14.1. The van der Waals surface area contributed by atoms with Crippen LogP contribution in [0.15, 0.2) is 28.7 Å². The van der Waals surface area contributed by atoms with Gasteiger partial charge < -0.3 is 14.1 Å². The van der Waals surface area contributed by atoms with Crippen LogP contribution in [0.25, 0.3) is 11.5 Å². The van der Waals surface area contributed by atoms with E-state index in [1.165, 1.54) is 0 Å². The van der Waals surface area contributed by atoms with Gasteiger partial charge in [0.1, 0.15) is 5.75 Å². The molecule has 1 aromatic heterocycles. The second-order valence-electron chi connectivity index (χ2n) is 5.99. The fourth-order valence-corrected chi connectivity index (χ4v) is 2.75. The van der Waals surface area contributed by atoms with Crippen molar-refractivity contribution < 1.29 is 13.9 Å². The highest BCUT2D eigenvalue weighted by Crippen LogP contribution is 2.21. The first-order valence-corrected chi connectivity index (χ1v) is 8.09. The largest absolute Gasteiger partial charge is 0.497 e. The third kappa shape index (κ3) is 3.91. The van der Waals surface area contributed by atoms with Crippen LogP contribution in [0.3, 0.4) is 0 Å². The van der Waals surface area contributed by atoms with Crippen LogP contribution < -0.4 is 4.74 Å². The van der Waals surface area contributed by atoms with Crippen LogP contribution in [0.1, 0.15) is 18.7 Å². The van der Waals surface area contributed by atoms with Gasteiger partial charge in [0.05, 0.1) is 20.2 Å². The maximum atomic E-state index is 12.1. The molecular formula is C17H22N4O3. The summed E-state index contributed by atoms with van der Waals surface area (Å²) in [4.78, 5) is 15.9. The van der Waals surface area contributed by atoms with Crippen LogP contribution in [0.5, 0.6) is 5.75 Å². The molecule has 1 aliphatic rings. The van der Waals surface area contributed by atoms with E-state index in [9.17, 15) is 4.79 Å². The van der Waals surface area contributed by atoms with Gasteiger partial charge in [-0.2, -0.15) is 0 Å². The van der Waals surface area contributed by atoms with Crippen LogP contribution in [0.4, 0.5) is 0 Å². The Morgan fingerprint density at radius 1 is 1.25 bits per heavy atom. The lowest BCUT2D eigenvalue weighted by molar-refractivity contribution is -0.131. The maximum absolute atomic E-state index is 12.1. The summed E-state index contributed by atoms with van der Waals surface area (Å²) in [5.41, 5.74) is 0.838. The summed E-state index contributed by atoms with van der Waals surface area (Å²) >= 11 is 0. The van der Waals surface area contributed by atoms with Gasteiger partial charge in [-0.1, -0.05) is 0 Å². The van der Waals surface area contributed by atoms with E-state index < -0.39 is 0 Å². The Kier molecular flexibility index (Phi) is 5.10. The SMILES string of the molecule is COc1ccc(-c2nnc(CN(C)CC(=O)N3CCCC3)o2)cc1. The van der Waals surface area contributed by atoms with Crippen LogP contribution in [0, 0.1) is 0 Å². The van der Waals surface area contributed by atoms with Crippen molar-refractivity contribution in [1.82, 2.24) is 20.0 Å². The van der Waals surface area contributed by atoms with Crippen molar-refractivity contribution in [2.45, 2.75) is 19.4 Å². The van der Waals surface area contributed by atoms with Gasteiger partial charge in [-0.25, -0.2) is 0 Å². The minimum absolute atomic E-state index is 0.157. The molecule has 0 atom stereocenters. The molecule has 1 amide bonds. The molecule has 7 nitrogen and oxygen atoms in total. The summed E-state index contributed by atoms with van der Waals surface area (Å²) in [7, 11) is 3.50. The highest BCUT2D eigenvalue weighted by atomic mass is 16.5. The molecule has 0 radical (unpaired) electrons. The molecule has 0 spiro atoms. The third-order valence-electron chi connectivity index (χ3n) is 4.07. The lowest BCUT2D eigenvalue weighted by Crippen LogP contribution is -2.37. The van der Waals surface area contributed by atoms with E-state index in [-0.39, 0.29) is 5.91 Å². The van der Waals surface area contributed by atoms with Crippen molar-refractivity contribution in [3.8, 4) is 17.2 Å². The highest BCUT2D eigenvalue weighted by molar-refractivity contribution is 5.78. The predicted molar refractivity (Wildman–Crippen MR) is 88.4 cm³/mol. The van der Waals surface area contributed by atoms with Crippen molar-refractivity contribution in [1.29, 1.82) is 0 Å². The molecule has 1 saturated heterocycles. The van der Waals surface area contributed by atoms with Crippen LogP contribution >= 0.6 is 0 Å². The minimum Gasteiger partial charge on any atom is -0.497 e. The Balaban J connectivity index is 1.57. The van der Waals surface area contributed by atoms with Gasteiger partial charge in [-0.3, -0.25) is 9.69 Å². The lowest BCUT2D eigenvalue weighted by atomic mass is 10.2. The fraction of sp³-hybridized carbons (Fsp3) is 0.471. The smallest absolute Gasteiger partial charge is 0.247 e. The van der Waals surface area contributed by atoms with Crippen molar-refractivity contribution in [3.05, 3.63) is 30.2 Å². The maximum Gasteiger partial charge on any atom is 0.247 e. The average Bonchev–Trinajstić information content (AvgIpc) is 3.26. The molecule has 0 aliphatic carbocycles. The predicted octanol–water partition coefficient (Wildman–Crippen LogP) is 1.80. The van der Waals surface area contributed by atoms with E-state index in [2.05, 4.69) is 10.2 Å². The summed E-state index contributed by atoms with van der Waals surface area (Å²) in [6, 6.07) is 7.44. The van der Waals surface area contributed by atoms with Gasteiger partial charge in [0.15, 0.2) is 0 Å². The average molecular weight is 330 g/mol. The van der Waals surface area contributed by atoms with Gasteiger partial charge in [0, 0.05) is 18.7 Å². The van der Waals surface area contributed by atoms with E-state index in [0.29, 0.717) is 24.9 Å². The zero-order chi connectivity index (χ0) is 16.9. The summed E-state index contributed by atoms with van der Waals surface area (Å²) in [6.45, 7) is 2.55. The molecule has 7 heteroatoms. The molecular weight excluding hydrogens is 308 g/mol. The topological polar surface area (TPSA) is 71.7 Å². The molecule has 0 unspecified atom stereocenters. The molecule has 2 heterocycles. The number of hydrogen-bond acceptors (Lipinski definition) is 6. The molecule has 0 saturated carbocycles. The third-order valence-corrected chi connectivity index (χ3v) is 4.07. The number of aromatic nitrogens is 2. The fourth-order valence-electron chi connectivity index (χ4n) is 2.75. The molecule has 128 valence electrons. The number of benzene rings is 1. The van der Waals surface area contributed by atoms with Gasteiger partial charge in [-0.05, 0) is 44.2 Å². The zero-order valence-corrected chi connectivity index (χ0v) is 14.1. The number of ether oxygens (including phenoxy) is 1. The number of rotatable bonds is 6. The van der Waals surface area contributed by atoms with Crippen molar-refractivity contribution >= 4 is 5.91 Å². The number of likely N-dealkylation sites (tertiary alicyclic amines) is 1. The Morgan fingerprint density at radius 2 is 1.96 bits per heavy atom. The molecule has 0 N–H and O–H groups in total. The quantitative estimate of drug-likeness (QED) is 0.804. The second kappa shape index (κ2) is 7.44. The summed E-state index contributed by atoms with van der Waals surface area (Å²) in [6.07, 6.45) is 2.20. The van der Waals surface area contributed by atoms with E-state index >= 15 is 0 Å². The first kappa shape index (κ1) is 16.4. The number of hydrogen-bond donors (Lipinski definition) is 0. The van der Waals surface area contributed by atoms with E-state index in [0.717, 1.165) is 37.2 Å². The molecule has 1 fully saturated rings. The van der Waals surface area contributed by atoms with E-state index in [1.807, 2.05) is 41.1 Å². The van der Waals surface area contributed by atoms with E-state index in [1.54, 1.807) is 7.11 Å². The molecule has 2 aromatic rings. The first-order chi connectivity index (χ1) is 11.7. The van der Waals surface area contributed by atoms with E-state index in [4.69, 9.17) is 9.15 Å². The lowest BCUT2D eigenvalue weighted by Gasteiger charge is -2.19. The molecule has 3 rings (SSSR count). The van der Waals surface area contributed by atoms with Gasteiger partial charge in [-0.15, -0.1) is 10.2 Å². The van der Waals surface area contributed by atoms with Crippen LogP contribution in [0.2, 0.25) is 0 Å². The number of carbonyl (C=O) groups excluding carboxylic acids is 1. The van der Waals surface area contributed by atoms with Gasteiger partial charge >= 0.3 is 0 Å². The minimum atomic E-state index is 0.157. The Hall–Kier alpha value is -2.41. The van der Waals surface area contributed by atoms with Crippen LogP contribution in [-0.2, 0) is 11.3 Å². The molecule has 1 aliphatic heterocycles. The number of carbonyl (C=O) groups is 1. The number of methoxy groups -OCH3 is 1. The Morgan fingerprint density at radius 3 is 2.62 bits per heavy atom. The summed E-state index contributed by atoms with van der Waals surface area (Å²) < 4.78 is 10.8. The highest BCUT2D eigenvalue weighted by Gasteiger charge is 2.20. The number of nitrogens with zero attached hydrogens (tertiary/aromatic N) is 4. The van der Waals surface area contributed by atoms with Crippen molar-refractivity contribution in [2.75, 3.05) is 33.8 Å². The normalized spacial score (nSPS) is 14.4. The first-order valence-electron chi connectivity index (χ1n) is 8.09. The second-order valence-corrected chi connectivity index (χ2v) is 5.99. The standard InChI is InChI=1S/C17H22N4O3/c1-20(12-16(22)21-9-3-4-10-21)11-15-18-19-17(24-15)13-5-7-14(23-2)8-6-13/h5-8H,3-4,9-12H2,1-2H3. The number of likely N-dealkylation sites (N-methyl/N-ethyl adjacent to an activating group) is 1. The van der Waals surface area contributed by atoms with Crippen LogP contribution in [-0.4, -0.2) is 59.7 Å².